The van der Waals surface area contributed by atoms with Gasteiger partial charge in [0.1, 0.15) is 0 Å². The van der Waals surface area contributed by atoms with Crippen molar-refractivity contribution in [2.45, 2.75) is 50.1 Å². The maximum Gasteiger partial charge on any atom is 0.0341 e. The Kier molecular flexibility index (Phi) is 2.72. The molecule has 86 valence electrons. The minimum Gasteiger partial charge on any atom is -0.307 e. The van der Waals surface area contributed by atoms with Gasteiger partial charge in [-0.15, -0.1) is 11.8 Å². The monoisotopic (exact) mass is 233 g/mol. The van der Waals surface area contributed by atoms with Gasteiger partial charge in [-0.05, 0) is 61.6 Å². The van der Waals surface area contributed by atoms with Crippen LogP contribution in [0.2, 0.25) is 0 Å². The Morgan fingerprint density at radius 1 is 1.12 bits per heavy atom. The van der Waals surface area contributed by atoms with Gasteiger partial charge in [0.2, 0.25) is 0 Å². The van der Waals surface area contributed by atoms with Crippen molar-refractivity contribution in [3.63, 3.8) is 0 Å². The minimum absolute atomic E-state index is 0.614. The molecule has 0 aromatic heterocycles. The van der Waals surface area contributed by atoms with Crippen LogP contribution in [0.25, 0.3) is 0 Å². The third-order valence-corrected chi connectivity index (χ3v) is 4.78. The molecule has 16 heavy (non-hydrogen) atoms. The first-order valence-corrected chi connectivity index (χ1v) is 7.22. The maximum atomic E-state index is 3.78. The van der Waals surface area contributed by atoms with Crippen molar-refractivity contribution in [2.24, 2.45) is 0 Å². The second-order valence-corrected chi connectivity index (χ2v) is 6.24. The first-order chi connectivity index (χ1) is 7.74. The lowest BCUT2D eigenvalue weighted by atomic mass is 9.98. The highest BCUT2D eigenvalue weighted by molar-refractivity contribution is 7.99. The van der Waals surface area contributed by atoms with Crippen LogP contribution in [0.1, 0.15) is 42.0 Å². The number of aryl methyl sites for hydroxylation is 2. The molecule has 1 unspecified atom stereocenters. The van der Waals surface area contributed by atoms with Crippen LogP contribution in [0.15, 0.2) is 17.0 Å². The van der Waals surface area contributed by atoms with E-state index in [1.165, 1.54) is 41.0 Å². The van der Waals surface area contributed by atoms with Gasteiger partial charge in [0.05, 0.1) is 0 Å². The number of thioether (sulfide) groups is 1. The van der Waals surface area contributed by atoms with Crippen molar-refractivity contribution in [3.05, 3.63) is 28.8 Å². The van der Waals surface area contributed by atoms with E-state index in [0.29, 0.717) is 6.04 Å². The van der Waals surface area contributed by atoms with Crippen molar-refractivity contribution in [1.29, 1.82) is 0 Å². The van der Waals surface area contributed by atoms with E-state index in [2.05, 4.69) is 31.3 Å². The predicted molar refractivity (Wildman–Crippen MR) is 70.2 cm³/mol. The fraction of sp³-hybridized carbons (Fsp3) is 0.571. The Morgan fingerprint density at radius 2 is 1.88 bits per heavy atom. The van der Waals surface area contributed by atoms with Gasteiger partial charge in [-0.3, -0.25) is 0 Å². The van der Waals surface area contributed by atoms with Gasteiger partial charge < -0.3 is 5.32 Å². The van der Waals surface area contributed by atoms with Crippen LogP contribution in [0.5, 0.6) is 0 Å². The summed E-state index contributed by atoms with van der Waals surface area (Å²) >= 11 is 2.02. The normalized spacial score (nSPS) is 24.2. The highest BCUT2D eigenvalue weighted by Gasteiger charge is 2.28. The minimum atomic E-state index is 0.614. The summed E-state index contributed by atoms with van der Waals surface area (Å²) in [7, 11) is 0. The summed E-state index contributed by atoms with van der Waals surface area (Å²) in [6, 6.07) is 6.19. The second-order valence-electron chi connectivity index (χ2n) is 5.10. The van der Waals surface area contributed by atoms with E-state index in [9.17, 15) is 0 Å². The SMILES string of the molecule is Cc1cc2c(cc1C)C(NC1CC1)CCS2. The van der Waals surface area contributed by atoms with Crippen LogP contribution < -0.4 is 5.32 Å². The lowest BCUT2D eigenvalue weighted by Crippen LogP contribution is -2.26. The van der Waals surface area contributed by atoms with Gasteiger partial charge in [0.15, 0.2) is 0 Å². The first kappa shape index (κ1) is 10.7. The van der Waals surface area contributed by atoms with E-state index in [0.717, 1.165) is 6.04 Å². The van der Waals surface area contributed by atoms with E-state index >= 15 is 0 Å². The maximum absolute atomic E-state index is 3.78. The van der Waals surface area contributed by atoms with Gasteiger partial charge in [-0.25, -0.2) is 0 Å². The third-order valence-electron chi connectivity index (χ3n) is 3.68. The highest BCUT2D eigenvalue weighted by Crippen LogP contribution is 2.39. The van der Waals surface area contributed by atoms with Crippen LogP contribution in [-0.4, -0.2) is 11.8 Å². The number of benzene rings is 1. The molecule has 0 amide bonds. The Hall–Kier alpha value is -0.470. The molecule has 3 rings (SSSR count). The van der Waals surface area contributed by atoms with Gasteiger partial charge in [0.25, 0.3) is 0 Å². The summed E-state index contributed by atoms with van der Waals surface area (Å²) in [4.78, 5) is 1.51. The number of rotatable bonds is 2. The van der Waals surface area contributed by atoms with Crippen molar-refractivity contribution in [3.8, 4) is 0 Å². The Morgan fingerprint density at radius 3 is 2.62 bits per heavy atom. The Labute approximate surface area is 102 Å². The molecular formula is C14H19NS. The van der Waals surface area contributed by atoms with E-state index in [1.807, 2.05) is 11.8 Å². The molecule has 1 saturated carbocycles. The molecule has 0 bridgehead atoms. The van der Waals surface area contributed by atoms with Crippen LogP contribution in [0.4, 0.5) is 0 Å². The van der Waals surface area contributed by atoms with Crippen LogP contribution in [-0.2, 0) is 0 Å². The van der Waals surface area contributed by atoms with Crippen LogP contribution in [0.3, 0.4) is 0 Å². The summed E-state index contributed by atoms with van der Waals surface area (Å²) in [6.45, 7) is 4.44. The summed E-state index contributed by atoms with van der Waals surface area (Å²) < 4.78 is 0. The standard InChI is InChI=1S/C14H19NS/c1-9-7-12-13(15-11-3-4-11)5-6-16-14(12)8-10(9)2/h7-8,11,13,15H,3-6H2,1-2H3. The average Bonchev–Trinajstić information content (AvgIpc) is 3.05. The molecule has 2 heteroatoms. The van der Waals surface area contributed by atoms with Crippen molar-refractivity contribution in [1.82, 2.24) is 5.32 Å². The number of nitrogens with one attached hydrogen (secondary N) is 1. The Balaban J connectivity index is 1.93. The van der Waals surface area contributed by atoms with Crippen LogP contribution in [0, 0.1) is 13.8 Å². The van der Waals surface area contributed by atoms with E-state index in [-0.39, 0.29) is 0 Å². The zero-order valence-electron chi connectivity index (χ0n) is 10.0. The summed E-state index contributed by atoms with van der Waals surface area (Å²) in [5.74, 6) is 1.26. The molecule has 1 atom stereocenters. The first-order valence-electron chi connectivity index (χ1n) is 6.24. The molecule has 1 heterocycles. The van der Waals surface area contributed by atoms with E-state index in [4.69, 9.17) is 0 Å². The molecule has 0 saturated heterocycles. The third kappa shape index (κ3) is 2.01. The molecule has 1 aliphatic heterocycles. The van der Waals surface area contributed by atoms with E-state index in [1.54, 1.807) is 5.56 Å². The number of hydrogen-bond donors (Lipinski definition) is 1. The zero-order valence-corrected chi connectivity index (χ0v) is 10.9. The lowest BCUT2D eigenvalue weighted by molar-refractivity contribution is 0.507. The van der Waals surface area contributed by atoms with E-state index < -0.39 is 0 Å². The number of hydrogen-bond acceptors (Lipinski definition) is 2. The van der Waals surface area contributed by atoms with Gasteiger partial charge in [-0.1, -0.05) is 6.07 Å². The fourth-order valence-electron chi connectivity index (χ4n) is 2.36. The lowest BCUT2D eigenvalue weighted by Gasteiger charge is -2.27. The average molecular weight is 233 g/mol. The van der Waals surface area contributed by atoms with Crippen molar-refractivity contribution in [2.75, 3.05) is 5.75 Å². The second kappa shape index (κ2) is 4.08. The molecule has 1 N–H and O–H groups in total. The predicted octanol–water partition coefficient (Wildman–Crippen LogP) is 3.59. The topological polar surface area (TPSA) is 12.0 Å². The molecule has 1 aromatic carbocycles. The number of fused-ring (bicyclic) bond motifs is 1. The Bertz CT molecular complexity index is 409. The van der Waals surface area contributed by atoms with Crippen LogP contribution >= 0.6 is 11.8 Å². The molecule has 1 nitrogen and oxygen atoms in total. The summed E-state index contributed by atoms with van der Waals surface area (Å²) in [5.41, 5.74) is 4.41. The molecule has 0 spiro atoms. The summed E-state index contributed by atoms with van der Waals surface area (Å²) in [6.07, 6.45) is 4.05. The van der Waals surface area contributed by atoms with Gasteiger partial charge >= 0.3 is 0 Å². The largest absolute Gasteiger partial charge is 0.307 e. The molecule has 1 fully saturated rings. The smallest absolute Gasteiger partial charge is 0.0341 e. The molecule has 0 radical (unpaired) electrons. The van der Waals surface area contributed by atoms with Gasteiger partial charge in [0, 0.05) is 17.0 Å². The molecule has 1 aromatic rings. The van der Waals surface area contributed by atoms with Crippen molar-refractivity contribution < 1.29 is 0 Å². The van der Waals surface area contributed by atoms with Crippen molar-refractivity contribution >= 4 is 11.8 Å². The molecule has 1 aliphatic carbocycles. The van der Waals surface area contributed by atoms with Gasteiger partial charge in [-0.2, -0.15) is 0 Å². The zero-order chi connectivity index (χ0) is 11.1. The highest BCUT2D eigenvalue weighted by atomic mass is 32.2. The molecular weight excluding hydrogens is 214 g/mol. The summed E-state index contributed by atoms with van der Waals surface area (Å²) in [5, 5.41) is 3.78. The molecule has 2 aliphatic rings. The quantitative estimate of drug-likeness (QED) is 0.837. The fourth-order valence-corrected chi connectivity index (χ4v) is 3.56.